The lowest BCUT2D eigenvalue weighted by Gasteiger charge is -2.49. The minimum atomic E-state index is -1.11. The van der Waals surface area contributed by atoms with Gasteiger partial charge in [-0.15, -0.1) is 23.1 Å². The highest BCUT2D eigenvalue weighted by molar-refractivity contribution is 8.00. The number of nitrogens with one attached hydrogen (secondary N) is 1. The molecule has 1 saturated heterocycles. The van der Waals surface area contributed by atoms with E-state index < -0.39 is 47.1 Å². The third-order valence-corrected chi connectivity index (χ3v) is 9.73. The lowest BCUT2D eigenvalue weighted by Crippen LogP contribution is -2.70. The van der Waals surface area contributed by atoms with E-state index in [2.05, 4.69) is 5.32 Å². The van der Waals surface area contributed by atoms with E-state index >= 15 is 0 Å². The first-order valence-corrected chi connectivity index (χ1v) is 16.6. The largest absolute Gasteiger partial charge is 0.514 e. The second kappa shape index (κ2) is 14.5. The highest BCUT2D eigenvalue weighted by Crippen LogP contribution is 2.42. The molecule has 3 heterocycles. The first-order chi connectivity index (χ1) is 23.3. The number of β-lactam (4-membered cyclic amide) rings is 1. The van der Waals surface area contributed by atoms with Gasteiger partial charge in [-0.05, 0) is 34.7 Å². The van der Waals surface area contributed by atoms with E-state index in [1.807, 2.05) is 78.2 Å². The topological polar surface area (TPSA) is 154 Å². The van der Waals surface area contributed by atoms with Gasteiger partial charge in [0.25, 0.3) is 11.6 Å². The molecule has 2 atom stereocenters. The van der Waals surface area contributed by atoms with Gasteiger partial charge in [0.1, 0.15) is 29.5 Å². The molecule has 3 aromatic carbocycles. The highest BCUT2D eigenvalue weighted by Gasteiger charge is 2.54. The summed E-state index contributed by atoms with van der Waals surface area (Å²) in [6, 6.07) is 25.9. The van der Waals surface area contributed by atoms with E-state index in [4.69, 9.17) is 14.2 Å². The Balaban J connectivity index is 1.23. The summed E-state index contributed by atoms with van der Waals surface area (Å²) < 4.78 is 16.6. The number of benzene rings is 3. The number of nitrogens with zero attached hydrogens (tertiary/aromatic N) is 2. The third-order valence-electron chi connectivity index (χ3n) is 7.51. The van der Waals surface area contributed by atoms with Crippen LogP contribution in [0.4, 0.5) is 10.5 Å². The molecule has 0 bridgehead atoms. The zero-order valence-corrected chi connectivity index (χ0v) is 26.7. The number of nitro groups is 1. The van der Waals surface area contributed by atoms with Crippen molar-refractivity contribution in [1.29, 1.82) is 0 Å². The minimum Gasteiger partial charge on any atom is -0.448 e. The fraction of sp³-hybridized carbons (Fsp3) is 0.176. The monoisotopic (exact) mass is 685 g/mol. The molecule has 1 aromatic heterocycles. The van der Waals surface area contributed by atoms with Crippen molar-refractivity contribution in [2.75, 3.05) is 12.4 Å². The first-order valence-electron chi connectivity index (χ1n) is 14.7. The van der Waals surface area contributed by atoms with Crippen LogP contribution in [0, 0.1) is 10.1 Å². The number of rotatable bonds is 11. The summed E-state index contributed by atoms with van der Waals surface area (Å²) >= 11 is 2.74. The van der Waals surface area contributed by atoms with E-state index in [-0.39, 0.29) is 35.2 Å². The van der Waals surface area contributed by atoms with Crippen molar-refractivity contribution in [3.05, 3.63) is 140 Å². The number of thiophene rings is 1. The van der Waals surface area contributed by atoms with Crippen LogP contribution < -0.4 is 10.1 Å². The molecular weight excluding hydrogens is 659 g/mol. The second-order valence-corrected chi connectivity index (χ2v) is 12.8. The Morgan fingerprint density at radius 2 is 1.60 bits per heavy atom. The van der Waals surface area contributed by atoms with Gasteiger partial charge in [-0.25, -0.2) is 9.59 Å². The number of hydrogen-bond acceptors (Lipinski definition) is 11. The molecule has 6 rings (SSSR count). The van der Waals surface area contributed by atoms with Crippen LogP contribution in [0.2, 0.25) is 0 Å². The Morgan fingerprint density at radius 3 is 2.21 bits per heavy atom. The average molecular weight is 686 g/mol. The molecular formula is C34H27N3O9S2. The minimum absolute atomic E-state index is 0.0184. The number of esters is 1. The lowest BCUT2D eigenvalue weighted by molar-refractivity contribution is -0.384. The summed E-state index contributed by atoms with van der Waals surface area (Å²) in [7, 11) is 0. The Hall–Kier alpha value is -5.47. The maximum absolute atomic E-state index is 14.1. The zero-order chi connectivity index (χ0) is 33.6. The molecule has 2 aliphatic heterocycles. The molecule has 48 heavy (non-hydrogen) atoms. The molecule has 0 spiro atoms. The van der Waals surface area contributed by atoms with Gasteiger partial charge in [0, 0.05) is 28.3 Å². The predicted molar refractivity (Wildman–Crippen MR) is 176 cm³/mol. The fourth-order valence-electron chi connectivity index (χ4n) is 5.23. The number of carbonyl (C=O) groups excluding carboxylic acids is 4. The molecule has 244 valence electrons. The second-order valence-electron chi connectivity index (χ2n) is 10.7. The summed E-state index contributed by atoms with van der Waals surface area (Å²) in [5.41, 5.74) is 1.46. The van der Waals surface area contributed by atoms with Crippen LogP contribution in [0.1, 0.15) is 22.1 Å². The first kappa shape index (κ1) is 32.5. The van der Waals surface area contributed by atoms with Crippen LogP contribution in [-0.4, -0.2) is 57.5 Å². The van der Waals surface area contributed by atoms with E-state index in [0.717, 1.165) is 4.88 Å². The number of ether oxygens (including phenoxy) is 3. The fourth-order valence-corrected chi connectivity index (χ4v) is 7.26. The maximum atomic E-state index is 14.1. The smallest absolute Gasteiger partial charge is 0.448 e. The highest BCUT2D eigenvalue weighted by atomic mass is 32.2. The molecule has 12 nitrogen and oxygen atoms in total. The van der Waals surface area contributed by atoms with Crippen LogP contribution >= 0.6 is 23.1 Å². The predicted octanol–water partition coefficient (Wildman–Crippen LogP) is 5.40. The van der Waals surface area contributed by atoms with Gasteiger partial charge in [-0.1, -0.05) is 66.7 Å². The van der Waals surface area contributed by atoms with E-state index in [0.29, 0.717) is 16.7 Å². The molecule has 14 heteroatoms. The van der Waals surface area contributed by atoms with Crippen molar-refractivity contribution in [1.82, 2.24) is 10.2 Å². The molecule has 1 unspecified atom stereocenters. The molecule has 1 N–H and O–H groups in total. The molecule has 0 saturated carbocycles. The third kappa shape index (κ3) is 7.24. The van der Waals surface area contributed by atoms with Crippen molar-refractivity contribution in [3.63, 3.8) is 0 Å². The number of thioether (sulfide) groups is 1. The summed E-state index contributed by atoms with van der Waals surface area (Å²) in [6.07, 6.45) is -1.81. The number of amides is 2. The SMILES string of the molecule is O=C(Cc1cccs1)NC1C(=O)N2C(C(=O)OC(c3ccccc3)c3ccccc3)=C(COC(=O)Oc3ccc([N+](=O)[O-])cc3)CS[C@H]12. The molecule has 2 aliphatic rings. The average Bonchev–Trinajstić information content (AvgIpc) is 3.62. The number of carbonyl (C=O) groups is 4. The number of non-ortho nitro benzene ring substituents is 1. The Kier molecular flexibility index (Phi) is 9.83. The van der Waals surface area contributed by atoms with Gasteiger partial charge >= 0.3 is 12.1 Å². The molecule has 1 fully saturated rings. The van der Waals surface area contributed by atoms with E-state index in [9.17, 15) is 29.3 Å². The van der Waals surface area contributed by atoms with Crippen LogP contribution in [0.15, 0.2) is 114 Å². The van der Waals surface area contributed by atoms with Gasteiger partial charge in [0.15, 0.2) is 6.10 Å². The Labute approximate surface area is 282 Å². The van der Waals surface area contributed by atoms with Crippen molar-refractivity contribution >= 4 is 52.7 Å². The summed E-state index contributed by atoms with van der Waals surface area (Å²) in [5.74, 6) is -1.43. The summed E-state index contributed by atoms with van der Waals surface area (Å²) in [5, 5.41) is 15.0. The molecule has 4 aromatic rings. The standard InChI is InChI=1S/C34H27N3O9S2/c38-27(18-26-12-7-17-47-26)35-28-31(39)36-29(33(40)46-30(21-8-3-1-4-9-21)22-10-5-2-6-11-22)23(20-48-32(28)36)19-44-34(41)45-25-15-13-24(14-16-25)37(42)43/h1-17,28,30,32H,18-20H2,(H,35,38)/t28?,32-/m1/s1. The van der Waals surface area contributed by atoms with Gasteiger partial charge in [0.05, 0.1) is 11.3 Å². The van der Waals surface area contributed by atoms with E-state index in [1.165, 1.54) is 52.3 Å². The van der Waals surface area contributed by atoms with Gasteiger partial charge < -0.3 is 19.5 Å². The van der Waals surface area contributed by atoms with Crippen molar-refractivity contribution in [2.45, 2.75) is 23.9 Å². The van der Waals surface area contributed by atoms with Crippen LogP contribution in [-0.2, 0) is 30.3 Å². The lowest BCUT2D eigenvalue weighted by atomic mass is 10.0. The van der Waals surface area contributed by atoms with Gasteiger partial charge in [-0.3, -0.25) is 24.6 Å². The number of nitro benzene ring substituents is 1. The van der Waals surface area contributed by atoms with Crippen molar-refractivity contribution < 1.29 is 38.3 Å². The maximum Gasteiger partial charge on any atom is 0.514 e. The zero-order valence-electron chi connectivity index (χ0n) is 25.1. The van der Waals surface area contributed by atoms with E-state index in [1.54, 1.807) is 0 Å². The van der Waals surface area contributed by atoms with Crippen LogP contribution in [0.5, 0.6) is 5.75 Å². The quantitative estimate of drug-likeness (QED) is 0.0714. The van der Waals surface area contributed by atoms with Crippen LogP contribution in [0.25, 0.3) is 0 Å². The Morgan fingerprint density at radius 1 is 0.938 bits per heavy atom. The normalized spacial score (nSPS) is 16.9. The number of fused-ring (bicyclic) bond motifs is 1. The van der Waals surface area contributed by atoms with Gasteiger partial charge in [-0.2, -0.15) is 0 Å². The number of hydrogen-bond donors (Lipinski definition) is 1. The molecule has 0 aliphatic carbocycles. The van der Waals surface area contributed by atoms with Crippen LogP contribution in [0.3, 0.4) is 0 Å². The van der Waals surface area contributed by atoms with Crippen molar-refractivity contribution in [3.8, 4) is 5.75 Å². The van der Waals surface area contributed by atoms with Gasteiger partial charge in [0.2, 0.25) is 5.91 Å². The summed E-state index contributed by atoms with van der Waals surface area (Å²) in [6.45, 7) is -0.406. The Bertz CT molecular complexity index is 1810. The molecule has 2 amide bonds. The molecule has 0 radical (unpaired) electrons. The van der Waals surface area contributed by atoms with Crippen molar-refractivity contribution in [2.24, 2.45) is 0 Å². The summed E-state index contributed by atoms with van der Waals surface area (Å²) in [4.78, 5) is 65.4.